The van der Waals surface area contributed by atoms with Crippen LogP contribution in [0.3, 0.4) is 0 Å². The van der Waals surface area contributed by atoms with Gasteiger partial charge in [-0.2, -0.15) is 0 Å². The van der Waals surface area contributed by atoms with Gasteiger partial charge in [-0.15, -0.1) is 0 Å². The van der Waals surface area contributed by atoms with E-state index in [1.807, 2.05) is 0 Å². The van der Waals surface area contributed by atoms with Crippen molar-refractivity contribution in [1.82, 2.24) is 0 Å². The third-order valence-corrected chi connectivity index (χ3v) is 9.72. The molecule has 5 rings (SSSR count). The molecule has 0 saturated heterocycles. The third-order valence-electron chi connectivity index (χ3n) is 7.32. The van der Waals surface area contributed by atoms with Crippen LogP contribution in [0.5, 0.6) is 0 Å². The molecule has 1 saturated carbocycles. The van der Waals surface area contributed by atoms with E-state index >= 15 is 0 Å². The second kappa shape index (κ2) is 7.30. The highest BCUT2D eigenvalue weighted by Crippen LogP contribution is 2.46. The SMILES string of the molecule is C[N+](C)(C1CCCCC1)[Si](=O)C1C=C2C(=C1)c1ccccc1Cc1ccccc12. The fraction of sp³-hybridized carbons (Fsp3) is 0.385. The number of allylic oxidation sites excluding steroid dienone is 4. The number of benzene rings is 2. The van der Waals surface area contributed by atoms with Crippen molar-refractivity contribution in [3.63, 3.8) is 0 Å². The van der Waals surface area contributed by atoms with Crippen LogP contribution in [0.15, 0.2) is 60.7 Å². The van der Waals surface area contributed by atoms with Crippen molar-refractivity contribution in [3.8, 4) is 0 Å². The summed E-state index contributed by atoms with van der Waals surface area (Å²) in [5.74, 6) is 0. The molecule has 0 bridgehead atoms. The quantitative estimate of drug-likeness (QED) is 0.598. The standard InChI is InChI=1S/C26H30NOSi/c1-27(2,21-12-4-3-5-13-21)29(28)22-17-25-23-14-8-6-10-19(23)16-20-11-7-9-15-24(20)26(25)18-22/h6-11,14-15,17-18,21-22H,3-5,12-13,16H2,1-2H3/q+1. The molecule has 148 valence electrons. The van der Waals surface area contributed by atoms with E-state index in [0.29, 0.717) is 10.2 Å². The molecular weight excluding hydrogens is 370 g/mol. The second-order valence-corrected chi connectivity index (χ2v) is 11.8. The highest BCUT2D eigenvalue weighted by Gasteiger charge is 2.44. The van der Waals surface area contributed by atoms with Gasteiger partial charge in [0, 0.05) is 0 Å². The zero-order valence-corrected chi connectivity index (χ0v) is 18.5. The smallest absolute Gasteiger partial charge is 0.330 e. The van der Waals surface area contributed by atoms with Gasteiger partial charge in [0.2, 0.25) is 0 Å². The van der Waals surface area contributed by atoms with Crippen LogP contribution in [-0.2, 0) is 10.9 Å². The zero-order chi connectivity index (χ0) is 20.0. The Labute approximate surface area is 175 Å². The maximum atomic E-state index is 13.9. The number of hydrogen-bond acceptors (Lipinski definition) is 1. The first-order chi connectivity index (χ1) is 14.1. The highest BCUT2D eigenvalue weighted by atomic mass is 28.3. The first kappa shape index (κ1) is 18.9. The molecule has 0 aliphatic heterocycles. The molecule has 0 N–H and O–H groups in total. The van der Waals surface area contributed by atoms with Gasteiger partial charge < -0.3 is 8.61 Å². The van der Waals surface area contributed by atoms with Gasteiger partial charge in [-0.3, -0.25) is 0 Å². The van der Waals surface area contributed by atoms with Crippen LogP contribution in [0.1, 0.15) is 54.4 Å². The van der Waals surface area contributed by atoms with Crippen LogP contribution in [0.2, 0.25) is 5.54 Å². The minimum atomic E-state index is -1.88. The molecule has 0 radical (unpaired) electrons. The van der Waals surface area contributed by atoms with Gasteiger partial charge in [0.15, 0.2) is 0 Å². The van der Waals surface area contributed by atoms with Gasteiger partial charge in [-0.1, -0.05) is 67.1 Å². The fourth-order valence-corrected chi connectivity index (χ4v) is 7.57. The maximum absolute atomic E-state index is 13.9. The molecule has 29 heavy (non-hydrogen) atoms. The predicted molar refractivity (Wildman–Crippen MR) is 121 cm³/mol. The van der Waals surface area contributed by atoms with Crippen molar-refractivity contribution in [2.45, 2.75) is 50.1 Å². The minimum absolute atomic E-state index is 0.0427. The highest BCUT2D eigenvalue weighted by molar-refractivity contribution is 6.40. The Morgan fingerprint density at radius 2 is 1.31 bits per heavy atom. The molecule has 3 heteroatoms. The molecule has 1 fully saturated rings. The average molecular weight is 401 g/mol. The first-order valence-corrected chi connectivity index (χ1v) is 12.5. The lowest BCUT2D eigenvalue weighted by Crippen LogP contribution is -2.56. The van der Waals surface area contributed by atoms with Crippen LogP contribution < -0.4 is 0 Å². The Balaban J connectivity index is 1.58. The Kier molecular flexibility index (Phi) is 4.76. The van der Waals surface area contributed by atoms with Crippen molar-refractivity contribution < 1.29 is 8.61 Å². The summed E-state index contributed by atoms with van der Waals surface area (Å²) in [4.78, 5) is 0. The summed E-state index contributed by atoms with van der Waals surface area (Å²) in [6.07, 6.45) is 11.9. The normalized spacial score (nSPS) is 19.5. The molecule has 0 unspecified atom stereocenters. The molecule has 0 aromatic heterocycles. The summed E-state index contributed by atoms with van der Waals surface area (Å²) in [7, 11) is 2.55. The van der Waals surface area contributed by atoms with Crippen molar-refractivity contribution in [3.05, 3.63) is 82.9 Å². The van der Waals surface area contributed by atoms with Crippen LogP contribution >= 0.6 is 0 Å². The van der Waals surface area contributed by atoms with Gasteiger partial charge in [0.05, 0.1) is 25.7 Å². The van der Waals surface area contributed by atoms with Gasteiger partial charge >= 0.3 is 8.84 Å². The molecule has 2 aromatic carbocycles. The molecule has 2 nitrogen and oxygen atoms in total. The third kappa shape index (κ3) is 3.21. The first-order valence-electron chi connectivity index (χ1n) is 11.0. The van der Waals surface area contributed by atoms with E-state index < -0.39 is 8.84 Å². The summed E-state index contributed by atoms with van der Waals surface area (Å²) < 4.78 is 14.6. The summed E-state index contributed by atoms with van der Waals surface area (Å²) in [5.41, 5.74) is 7.99. The lowest BCUT2D eigenvalue weighted by molar-refractivity contribution is -0.817. The Morgan fingerprint density at radius 1 is 0.793 bits per heavy atom. The van der Waals surface area contributed by atoms with Gasteiger partial charge in [-0.05, 0) is 65.5 Å². The Bertz CT molecular complexity index is 965. The van der Waals surface area contributed by atoms with Crippen molar-refractivity contribution >= 4 is 20.0 Å². The minimum Gasteiger partial charge on any atom is -0.330 e. The molecule has 3 aliphatic rings. The van der Waals surface area contributed by atoms with Crippen molar-refractivity contribution in [2.75, 3.05) is 14.1 Å². The monoisotopic (exact) mass is 400 g/mol. The predicted octanol–water partition coefficient (Wildman–Crippen LogP) is 5.77. The van der Waals surface area contributed by atoms with Crippen molar-refractivity contribution in [2.24, 2.45) is 0 Å². The Hall–Kier alpha value is -2.10. The lowest BCUT2D eigenvalue weighted by atomic mass is 9.95. The van der Waals surface area contributed by atoms with E-state index in [1.165, 1.54) is 65.5 Å². The number of quaternary nitrogens is 1. The Morgan fingerprint density at radius 3 is 1.86 bits per heavy atom. The largest absolute Gasteiger partial charge is 0.564 e. The number of hydrogen-bond donors (Lipinski definition) is 0. The van der Waals surface area contributed by atoms with Gasteiger partial charge in [-0.25, -0.2) is 0 Å². The molecule has 0 amide bonds. The van der Waals surface area contributed by atoms with Crippen LogP contribution in [0.4, 0.5) is 0 Å². The number of fused-ring (bicyclic) bond motifs is 5. The number of rotatable bonds is 3. The summed E-state index contributed by atoms with van der Waals surface area (Å²) in [5, 5.41) is 0. The average Bonchev–Trinajstić information content (AvgIpc) is 3.14. The summed E-state index contributed by atoms with van der Waals surface area (Å²) in [6, 6.07) is 18.0. The van der Waals surface area contributed by atoms with Gasteiger partial charge in [0.1, 0.15) is 0 Å². The fourth-order valence-electron chi connectivity index (χ4n) is 5.57. The number of nitrogens with zero attached hydrogens (tertiary/aromatic N) is 1. The molecule has 3 aliphatic carbocycles. The lowest BCUT2D eigenvalue weighted by Gasteiger charge is -2.39. The topological polar surface area (TPSA) is 17.1 Å². The van der Waals surface area contributed by atoms with E-state index in [4.69, 9.17) is 0 Å². The van der Waals surface area contributed by atoms with E-state index in [-0.39, 0.29) is 5.54 Å². The zero-order valence-electron chi connectivity index (χ0n) is 17.5. The summed E-state index contributed by atoms with van der Waals surface area (Å²) >= 11 is 0. The maximum Gasteiger partial charge on any atom is 0.564 e. The molecule has 0 heterocycles. The van der Waals surface area contributed by atoms with E-state index in [9.17, 15) is 4.46 Å². The molecule has 2 aromatic rings. The van der Waals surface area contributed by atoms with E-state index in [1.54, 1.807) is 0 Å². The molecular formula is C26H30NOSi+. The summed E-state index contributed by atoms with van der Waals surface area (Å²) in [6.45, 7) is 0. The van der Waals surface area contributed by atoms with Crippen LogP contribution in [0, 0.1) is 0 Å². The van der Waals surface area contributed by atoms with Crippen LogP contribution in [-0.4, -0.2) is 33.1 Å². The van der Waals surface area contributed by atoms with Crippen molar-refractivity contribution in [1.29, 1.82) is 0 Å². The molecule has 0 atom stereocenters. The molecule has 0 spiro atoms. The second-order valence-electron chi connectivity index (χ2n) is 9.35. The van der Waals surface area contributed by atoms with Crippen LogP contribution in [0.25, 0.3) is 11.1 Å². The van der Waals surface area contributed by atoms with E-state index in [0.717, 1.165) is 6.42 Å². The van der Waals surface area contributed by atoms with Gasteiger partial charge in [0.25, 0.3) is 0 Å². The van der Waals surface area contributed by atoms with E-state index in [2.05, 4.69) is 74.8 Å².